The van der Waals surface area contributed by atoms with Crippen molar-refractivity contribution in [3.63, 3.8) is 0 Å². The Bertz CT molecular complexity index is 659. The molecule has 1 fully saturated rings. The SMILES string of the molecule is CCN(CC)c1nc(-c2cccc(NC(=O)C3CC3)c2)cs1. The van der Waals surface area contributed by atoms with Crippen LogP contribution in [0.15, 0.2) is 29.6 Å². The maximum atomic E-state index is 11.9. The smallest absolute Gasteiger partial charge is 0.227 e. The van der Waals surface area contributed by atoms with E-state index in [1.807, 2.05) is 24.3 Å². The second-order valence-corrected chi connectivity index (χ2v) is 6.37. The van der Waals surface area contributed by atoms with Crippen LogP contribution in [0.5, 0.6) is 0 Å². The molecule has 0 atom stereocenters. The summed E-state index contributed by atoms with van der Waals surface area (Å²) >= 11 is 1.66. The van der Waals surface area contributed by atoms with Gasteiger partial charge in [0.15, 0.2) is 5.13 Å². The van der Waals surface area contributed by atoms with Crippen molar-refractivity contribution >= 4 is 28.1 Å². The Morgan fingerprint density at radius 2 is 2.14 bits per heavy atom. The van der Waals surface area contributed by atoms with Gasteiger partial charge in [-0.25, -0.2) is 4.98 Å². The van der Waals surface area contributed by atoms with E-state index in [1.54, 1.807) is 11.3 Å². The van der Waals surface area contributed by atoms with Gasteiger partial charge in [0.1, 0.15) is 0 Å². The second kappa shape index (κ2) is 6.48. The zero-order chi connectivity index (χ0) is 15.5. The van der Waals surface area contributed by atoms with E-state index in [4.69, 9.17) is 4.98 Å². The molecule has 1 aliphatic rings. The summed E-state index contributed by atoms with van der Waals surface area (Å²) in [5.41, 5.74) is 2.87. The van der Waals surface area contributed by atoms with E-state index in [9.17, 15) is 4.79 Å². The van der Waals surface area contributed by atoms with Gasteiger partial charge in [0.25, 0.3) is 0 Å². The molecule has 3 rings (SSSR count). The lowest BCUT2D eigenvalue weighted by Gasteiger charge is -2.16. The summed E-state index contributed by atoms with van der Waals surface area (Å²) < 4.78 is 0. The van der Waals surface area contributed by atoms with Gasteiger partial charge in [-0.05, 0) is 38.8 Å². The van der Waals surface area contributed by atoms with Gasteiger partial charge < -0.3 is 10.2 Å². The molecule has 5 heteroatoms. The highest BCUT2D eigenvalue weighted by atomic mass is 32.1. The van der Waals surface area contributed by atoms with Crippen LogP contribution in [0, 0.1) is 5.92 Å². The molecule has 0 saturated heterocycles. The highest BCUT2D eigenvalue weighted by Crippen LogP contribution is 2.32. The third kappa shape index (κ3) is 3.30. The minimum absolute atomic E-state index is 0.138. The van der Waals surface area contributed by atoms with E-state index in [0.717, 1.165) is 48.0 Å². The highest BCUT2D eigenvalue weighted by Gasteiger charge is 2.29. The van der Waals surface area contributed by atoms with E-state index >= 15 is 0 Å². The van der Waals surface area contributed by atoms with Gasteiger partial charge in [0.2, 0.25) is 5.91 Å². The van der Waals surface area contributed by atoms with E-state index in [0.29, 0.717) is 0 Å². The Balaban J connectivity index is 1.78. The molecule has 4 nitrogen and oxygen atoms in total. The normalized spacial score (nSPS) is 13.9. The molecule has 1 aromatic heterocycles. The van der Waals surface area contributed by atoms with Crippen molar-refractivity contribution in [3.05, 3.63) is 29.6 Å². The number of amides is 1. The maximum Gasteiger partial charge on any atom is 0.227 e. The van der Waals surface area contributed by atoms with Crippen molar-refractivity contribution < 1.29 is 4.79 Å². The van der Waals surface area contributed by atoms with Crippen LogP contribution >= 0.6 is 11.3 Å². The summed E-state index contributed by atoms with van der Waals surface area (Å²) in [6.07, 6.45) is 2.04. The van der Waals surface area contributed by atoms with Crippen LogP contribution < -0.4 is 10.2 Å². The fraction of sp³-hybridized carbons (Fsp3) is 0.412. The molecule has 22 heavy (non-hydrogen) atoms. The Morgan fingerprint density at radius 1 is 1.36 bits per heavy atom. The molecule has 116 valence electrons. The van der Waals surface area contributed by atoms with Crippen LogP contribution in [0.25, 0.3) is 11.3 Å². The number of benzene rings is 1. The largest absolute Gasteiger partial charge is 0.349 e. The fourth-order valence-electron chi connectivity index (χ4n) is 2.38. The number of hydrogen-bond donors (Lipinski definition) is 1. The second-order valence-electron chi connectivity index (χ2n) is 5.53. The summed E-state index contributed by atoms with van der Waals surface area (Å²) in [6.45, 7) is 6.19. The summed E-state index contributed by atoms with van der Waals surface area (Å²) in [5, 5.41) is 6.12. The number of aromatic nitrogens is 1. The van der Waals surface area contributed by atoms with Gasteiger partial charge in [-0.3, -0.25) is 4.79 Å². The Hall–Kier alpha value is -1.88. The zero-order valence-corrected chi connectivity index (χ0v) is 13.8. The highest BCUT2D eigenvalue weighted by molar-refractivity contribution is 7.14. The van der Waals surface area contributed by atoms with Gasteiger partial charge >= 0.3 is 0 Å². The quantitative estimate of drug-likeness (QED) is 0.876. The van der Waals surface area contributed by atoms with Crippen molar-refractivity contribution in [3.8, 4) is 11.3 Å². The van der Waals surface area contributed by atoms with Crippen molar-refractivity contribution in [1.29, 1.82) is 0 Å². The van der Waals surface area contributed by atoms with E-state index in [2.05, 4.69) is 29.4 Å². The minimum atomic E-state index is 0.138. The molecule has 0 bridgehead atoms. The summed E-state index contributed by atoms with van der Waals surface area (Å²) in [4.78, 5) is 18.8. The van der Waals surface area contributed by atoms with Crippen molar-refractivity contribution in [2.75, 3.05) is 23.3 Å². The number of carbonyl (C=O) groups is 1. The fourth-order valence-corrected chi connectivity index (χ4v) is 3.35. The molecular weight excluding hydrogens is 294 g/mol. The van der Waals surface area contributed by atoms with E-state index < -0.39 is 0 Å². The molecule has 0 radical (unpaired) electrons. The summed E-state index contributed by atoms with van der Waals surface area (Å²) in [6, 6.07) is 7.94. The summed E-state index contributed by atoms with van der Waals surface area (Å²) in [7, 11) is 0. The van der Waals surface area contributed by atoms with Gasteiger partial charge in [-0.2, -0.15) is 0 Å². The van der Waals surface area contributed by atoms with Crippen molar-refractivity contribution in [2.45, 2.75) is 26.7 Å². The number of nitrogens with one attached hydrogen (secondary N) is 1. The van der Waals surface area contributed by atoms with Gasteiger partial charge in [-0.15, -0.1) is 11.3 Å². The van der Waals surface area contributed by atoms with E-state index in [-0.39, 0.29) is 11.8 Å². The number of carbonyl (C=O) groups excluding carboxylic acids is 1. The molecule has 2 aromatic rings. The lowest BCUT2D eigenvalue weighted by Crippen LogP contribution is -2.21. The Kier molecular flexibility index (Phi) is 4.43. The Labute approximate surface area is 135 Å². The number of anilines is 2. The zero-order valence-electron chi connectivity index (χ0n) is 13.0. The first-order valence-electron chi connectivity index (χ1n) is 7.83. The standard InChI is InChI=1S/C17H21N3OS/c1-3-20(4-2)17-19-15(11-22-17)13-6-5-7-14(10-13)18-16(21)12-8-9-12/h5-7,10-12H,3-4,8-9H2,1-2H3,(H,18,21). The molecule has 1 aromatic carbocycles. The lowest BCUT2D eigenvalue weighted by atomic mass is 10.1. The molecule has 1 saturated carbocycles. The maximum absolute atomic E-state index is 11.9. The molecule has 1 N–H and O–H groups in total. The first-order valence-corrected chi connectivity index (χ1v) is 8.71. The van der Waals surface area contributed by atoms with Crippen LogP contribution in [0.2, 0.25) is 0 Å². The van der Waals surface area contributed by atoms with Crippen LogP contribution in [0.1, 0.15) is 26.7 Å². The topological polar surface area (TPSA) is 45.2 Å². The van der Waals surface area contributed by atoms with Gasteiger partial charge in [-0.1, -0.05) is 12.1 Å². The summed E-state index contributed by atoms with van der Waals surface area (Å²) in [5.74, 6) is 0.358. The minimum Gasteiger partial charge on any atom is -0.349 e. The van der Waals surface area contributed by atoms with Crippen LogP contribution in [0.4, 0.5) is 10.8 Å². The number of nitrogens with zero attached hydrogens (tertiary/aromatic N) is 2. The van der Waals surface area contributed by atoms with Crippen molar-refractivity contribution in [2.24, 2.45) is 5.92 Å². The molecule has 0 unspecified atom stereocenters. The van der Waals surface area contributed by atoms with Crippen LogP contribution in [0.3, 0.4) is 0 Å². The molecule has 1 amide bonds. The average Bonchev–Trinajstić information content (AvgIpc) is 3.28. The molecule has 0 spiro atoms. The predicted octanol–water partition coefficient (Wildman–Crippen LogP) is 4.00. The van der Waals surface area contributed by atoms with E-state index in [1.165, 1.54) is 0 Å². The first-order chi connectivity index (χ1) is 10.7. The third-order valence-electron chi connectivity index (χ3n) is 3.90. The van der Waals surface area contributed by atoms with Gasteiger partial charge in [0.05, 0.1) is 5.69 Å². The predicted molar refractivity (Wildman–Crippen MR) is 92.5 cm³/mol. The Morgan fingerprint density at radius 3 is 2.82 bits per heavy atom. The first kappa shape index (κ1) is 15.0. The monoisotopic (exact) mass is 315 g/mol. The van der Waals surface area contributed by atoms with Crippen molar-refractivity contribution in [1.82, 2.24) is 4.98 Å². The molecule has 0 aliphatic heterocycles. The van der Waals surface area contributed by atoms with Crippen LogP contribution in [-0.2, 0) is 4.79 Å². The molecular formula is C17H21N3OS. The van der Waals surface area contributed by atoms with Crippen LogP contribution in [-0.4, -0.2) is 24.0 Å². The van der Waals surface area contributed by atoms with Gasteiger partial charge in [0, 0.05) is 35.6 Å². The molecule has 1 heterocycles. The average molecular weight is 315 g/mol. The third-order valence-corrected chi connectivity index (χ3v) is 4.80. The lowest BCUT2D eigenvalue weighted by molar-refractivity contribution is -0.117. The molecule has 1 aliphatic carbocycles. The number of thiazole rings is 1. The number of hydrogen-bond acceptors (Lipinski definition) is 4. The number of rotatable bonds is 6.